The molecule has 0 aromatic carbocycles. The van der Waals surface area contributed by atoms with Gasteiger partial charge in [-0.1, -0.05) is 13.8 Å². The molecule has 0 aliphatic carbocycles. The van der Waals surface area contributed by atoms with Crippen LogP contribution in [0.5, 0.6) is 0 Å². The van der Waals surface area contributed by atoms with E-state index in [1.54, 1.807) is 4.90 Å². The molecule has 0 bridgehead atoms. The van der Waals surface area contributed by atoms with Gasteiger partial charge in [0.25, 0.3) is 0 Å². The molecule has 2 N–H and O–H groups in total. The van der Waals surface area contributed by atoms with Gasteiger partial charge in [0.2, 0.25) is 0 Å². The predicted molar refractivity (Wildman–Crippen MR) is 72.5 cm³/mol. The minimum atomic E-state index is -1.10. The van der Waals surface area contributed by atoms with E-state index in [9.17, 15) is 9.59 Å². The largest absolute Gasteiger partial charge is 0.480 e. The molecule has 1 rings (SSSR count). The molecule has 5 nitrogen and oxygen atoms in total. The Hall–Kier alpha value is -1.70. The first-order valence-corrected chi connectivity index (χ1v) is 6.60. The van der Waals surface area contributed by atoms with Crippen LogP contribution >= 0.6 is 0 Å². The van der Waals surface area contributed by atoms with Gasteiger partial charge in [-0.15, -0.1) is 12.3 Å². The van der Waals surface area contributed by atoms with Gasteiger partial charge in [-0.25, -0.2) is 9.59 Å². The summed E-state index contributed by atoms with van der Waals surface area (Å²) in [6.07, 6.45) is 6.19. The van der Waals surface area contributed by atoms with Crippen LogP contribution in [0.1, 0.15) is 33.6 Å². The van der Waals surface area contributed by atoms with Gasteiger partial charge in [0.15, 0.2) is 0 Å². The summed E-state index contributed by atoms with van der Waals surface area (Å²) in [5.41, 5.74) is 0. The van der Waals surface area contributed by atoms with Crippen LogP contribution in [-0.4, -0.2) is 40.6 Å². The van der Waals surface area contributed by atoms with E-state index < -0.39 is 12.0 Å². The van der Waals surface area contributed by atoms with Crippen LogP contribution in [0.2, 0.25) is 0 Å². The Balaban J connectivity index is 2.70. The van der Waals surface area contributed by atoms with Crippen molar-refractivity contribution in [3.05, 3.63) is 0 Å². The second-order valence-electron chi connectivity index (χ2n) is 5.46. The van der Waals surface area contributed by atoms with Crippen LogP contribution in [0, 0.1) is 24.2 Å². The van der Waals surface area contributed by atoms with Crippen molar-refractivity contribution in [1.82, 2.24) is 10.2 Å². The van der Waals surface area contributed by atoms with Gasteiger partial charge in [0, 0.05) is 19.0 Å². The summed E-state index contributed by atoms with van der Waals surface area (Å²) in [5, 5.41) is 11.5. The van der Waals surface area contributed by atoms with Gasteiger partial charge in [0.1, 0.15) is 6.04 Å². The highest BCUT2D eigenvalue weighted by atomic mass is 16.4. The number of hydrogen-bond donors (Lipinski definition) is 2. The number of carboxylic acid groups (broad SMARTS) is 1. The van der Waals surface area contributed by atoms with E-state index >= 15 is 0 Å². The summed E-state index contributed by atoms with van der Waals surface area (Å²) in [6, 6.07) is -1.25. The number of likely N-dealkylation sites (tertiary alicyclic amines) is 1. The molecule has 1 aliphatic heterocycles. The average Bonchev–Trinajstić information content (AvgIpc) is 2.32. The number of rotatable bonds is 3. The lowest BCUT2D eigenvalue weighted by Crippen LogP contribution is -2.55. The third kappa shape index (κ3) is 3.88. The number of piperidine rings is 1. The van der Waals surface area contributed by atoms with E-state index in [-0.39, 0.29) is 18.5 Å². The molecule has 1 saturated heterocycles. The first-order chi connectivity index (χ1) is 8.86. The zero-order valence-electron chi connectivity index (χ0n) is 11.7. The minimum Gasteiger partial charge on any atom is -0.480 e. The normalized spacial score (nSPS) is 28.3. The van der Waals surface area contributed by atoms with Crippen molar-refractivity contribution in [2.24, 2.45) is 11.8 Å². The lowest BCUT2D eigenvalue weighted by Gasteiger charge is -2.41. The maximum absolute atomic E-state index is 12.2. The van der Waals surface area contributed by atoms with Gasteiger partial charge >= 0.3 is 12.0 Å². The van der Waals surface area contributed by atoms with Crippen LogP contribution in [0.3, 0.4) is 0 Å². The maximum Gasteiger partial charge on any atom is 0.327 e. The van der Waals surface area contributed by atoms with Crippen LogP contribution in [0.4, 0.5) is 4.79 Å². The highest BCUT2D eigenvalue weighted by Gasteiger charge is 2.33. The number of aliphatic carboxylic acids is 1. The molecule has 0 aromatic rings. The second kappa shape index (κ2) is 6.46. The smallest absolute Gasteiger partial charge is 0.327 e. The van der Waals surface area contributed by atoms with Crippen LogP contribution in [0.15, 0.2) is 0 Å². The van der Waals surface area contributed by atoms with Gasteiger partial charge in [-0.2, -0.15) is 0 Å². The number of hydrogen-bond acceptors (Lipinski definition) is 2. The molecule has 1 fully saturated rings. The molecule has 0 radical (unpaired) electrons. The molecule has 19 heavy (non-hydrogen) atoms. The highest BCUT2D eigenvalue weighted by molar-refractivity contribution is 5.83. The number of carbonyl (C=O) groups is 2. The zero-order valence-corrected chi connectivity index (χ0v) is 11.7. The summed E-state index contributed by atoms with van der Waals surface area (Å²) < 4.78 is 0. The quantitative estimate of drug-likeness (QED) is 0.761. The Morgan fingerprint density at radius 2 is 2.11 bits per heavy atom. The third-order valence-corrected chi connectivity index (χ3v) is 3.78. The van der Waals surface area contributed by atoms with Crippen molar-refractivity contribution in [3.63, 3.8) is 0 Å². The summed E-state index contributed by atoms with van der Waals surface area (Å²) >= 11 is 0. The number of nitrogens with one attached hydrogen (secondary N) is 1. The Kier molecular flexibility index (Phi) is 5.22. The van der Waals surface area contributed by atoms with Gasteiger partial charge < -0.3 is 15.3 Å². The molecule has 5 heteroatoms. The second-order valence-corrected chi connectivity index (χ2v) is 5.46. The lowest BCUT2D eigenvalue weighted by molar-refractivity contribution is -0.139. The van der Waals surface area contributed by atoms with E-state index in [2.05, 4.69) is 25.1 Å². The Morgan fingerprint density at radius 1 is 1.47 bits per heavy atom. The number of terminal acetylenes is 1. The number of carbonyl (C=O) groups excluding carboxylic acids is 1. The lowest BCUT2D eigenvalue weighted by atomic mass is 9.86. The molecule has 0 aromatic heterocycles. The van der Waals surface area contributed by atoms with Crippen LogP contribution < -0.4 is 5.32 Å². The fourth-order valence-corrected chi connectivity index (χ4v) is 2.53. The van der Waals surface area contributed by atoms with Crippen LogP contribution in [0.25, 0.3) is 0 Å². The third-order valence-electron chi connectivity index (χ3n) is 3.78. The molecular formula is C14H22N2O3. The fraction of sp³-hybridized carbons (Fsp3) is 0.714. The molecule has 4 unspecified atom stereocenters. The zero-order chi connectivity index (χ0) is 14.6. The average molecular weight is 266 g/mol. The predicted octanol–water partition coefficient (Wildman–Crippen LogP) is 1.54. The van der Waals surface area contributed by atoms with Gasteiger partial charge in [0.05, 0.1) is 0 Å². The summed E-state index contributed by atoms with van der Waals surface area (Å²) in [5.74, 6) is 2.00. The molecule has 2 amide bonds. The van der Waals surface area contributed by atoms with Crippen molar-refractivity contribution in [2.45, 2.75) is 45.7 Å². The number of nitrogens with zero attached hydrogens (tertiary/aromatic N) is 1. The Morgan fingerprint density at radius 3 is 2.63 bits per heavy atom. The molecule has 0 saturated carbocycles. The Labute approximate surface area is 114 Å². The molecule has 4 atom stereocenters. The van der Waals surface area contributed by atoms with E-state index in [1.165, 1.54) is 0 Å². The van der Waals surface area contributed by atoms with Gasteiger partial charge in [-0.05, 0) is 25.2 Å². The molecule has 0 spiro atoms. The first-order valence-electron chi connectivity index (χ1n) is 6.60. The number of carboxylic acids is 1. The Bertz CT molecular complexity index is 389. The minimum absolute atomic E-state index is 0.00555. The van der Waals surface area contributed by atoms with E-state index in [1.807, 2.05) is 6.92 Å². The monoisotopic (exact) mass is 266 g/mol. The van der Waals surface area contributed by atoms with E-state index in [4.69, 9.17) is 11.5 Å². The summed E-state index contributed by atoms with van der Waals surface area (Å²) in [6.45, 7) is 6.85. The maximum atomic E-state index is 12.2. The molecule has 1 heterocycles. The van der Waals surface area contributed by atoms with Gasteiger partial charge in [-0.3, -0.25) is 0 Å². The molecule has 1 aliphatic rings. The van der Waals surface area contributed by atoms with E-state index in [0.29, 0.717) is 18.4 Å². The van der Waals surface area contributed by atoms with Crippen molar-refractivity contribution >= 4 is 12.0 Å². The van der Waals surface area contributed by atoms with Crippen molar-refractivity contribution in [2.75, 3.05) is 6.54 Å². The number of urea groups is 1. The first kappa shape index (κ1) is 15.4. The topological polar surface area (TPSA) is 69.6 Å². The highest BCUT2D eigenvalue weighted by Crippen LogP contribution is 2.26. The van der Waals surface area contributed by atoms with Crippen molar-refractivity contribution < 1.29 is 14.7 Å². The van der Waals surface area contributed by atoms with Crippen LogP contribution in [-0.2, 0) is 4.79 Å². The fourth-order valence-electron chi connectivity index (χ4n) is 2.53. The van der Waals surface area contributed by atoms with E-state index in [0.717, 1.165) is 6.42 Å². The SMILES string of the molecule is C#CCC(NC(=O)N1CC(C)CC(C)C1C)C(=O)O. The number of amides is 2. The van der Waals surface area contributed by atoms with Crippen molar-refractivity contribution in [1.29, 1.82) is 0 Å². The molecule has 106 valence electrons. The summed E-state index contributed by atoms with van der Waals surface area (Å²) in [7, 11) is 0. The standard InChI is InChI=1S/C14H22N2O3/c1-5-6-12(13(17)18)15-14(19)16-8-9(2)7-10(3)11(16)4/h1,9-12H,6-8H2,2-4H3,(H,15,19)(H,17,18). The molecular weight excluding hydrogens is 244 g/mol. The van der Waals surface area contributed by atoms with Crippen molar-refractivity contribution in [3.8, 4) is 12.3 Å². The summed E-state index contributed by atoms with van der Waals surface area (Å²) in [4.78, 5) is 24.9.